The van der Waals surface area contributed by atoms with E-state index in [0.29, 0.717) is 5.56 Å². The number of aryl methyl sites for hydroxylation is 2. The van der Waals surface area contributed by atoms with Crippen molar-refractivity contribution >= 4 is 17.3 Å². The molecule has 1 fully saturated rings. The SMILES string of the molecule is O=C(O)c1ccccc1-c1ccc(CCc2ncc(CC3CCCC3)[nH]2)s1. The maximum absolute atomic E-state index is 11.4. The van der Waals surface area contributed by atoms with E-state index in [-0.39, 0.29) is 0 Å². The zero-order valence-corrected chi connectivity index (χ0v) is 16.1. The summed E-state index contributed by atoms with van der Waals surface area (Å²) in [4.78, 5) is 21.7. The Balaban J connectivity index is 1.39. The highest BCUT2D eigenvalue weighted by Crippen LogP contribution is 2.31. The number of carboxylic acids is 1. The molecule has 4 nitrogen and oxygen atoms in total. The molecule has 0 bridgehead atoms. The number of aromatic nitrogens is 2. The van der Waals surface area contributed by atoms with Crippen LogP contribution >= 0.6 is 11.3 Å². The van der Waals surface area contributed by atoms with Gasteiger partial charge in [0.05, 0.1) is 5.56 Å². The van der Waals surface area contributed by atoms with E-state index in [4.69, 9.17) is 0 Å². The Morgan fingerprint density at radius 1 is 1.15 bits per heavy atom. The maximum atomic E-state index is 11.4. The van der Waals surface area contributed by atoms with Crippen molar-refractivity contribution in [1.82, 2.24) is 9.97 Å². The molecule has 2 N–H and O–H groups in total. The number of aromatic carboxylic acids is 1. The molecule has 1 aliphatic rings. The minimum atomic E-state index is -0.883. The number of hydrogen-bond acceptors (Lipinski definition) is 3. The number of hydrogen-bond donors (Lipinski definition) is 2. The summed E-state index contributed by atoms with van der Waals surface area (Å²) in [6.07, 6.45) is 10.4. The van der Waals surface area contributed by atoms with E-state index < -0.39 is 5.97 Å². The van der Waals surface area contributed by atoms with Crippen molar-refractivity contribution in [3.05, 3.63) is 64.6 Å². The molecule has 2 heterocycles. The second kappa shape index (κ2) is 8.09. The van der Waals surface area contributed by atoms with Gasteiger partial charge in [-0.15, -0.1) is 11.3 Å². The van der Waals surface area contributed by atoms with Crippen LogP contribution in [-0.4, -0.2) is 21.0 Å². The monoisotopic (exact) mass is 380 g/mol. The average Bonchev–Trinajstić information content (AvgIpc) is 3.43. The second-order valence-corrected chi connectivity index (χ2v) is 8.49. The molecule has 0 radical (unpaired) electrons. The highest BCUT2D eigenvalue weighted by molar-refractivity contribution is 7.15. The molecule has 1 saturated carbocycles. The standard InChI is InChI=1S/C22H24N2O2S/c25-22(26)19-8-4-3-7-18(19)20-11-9-17(27-20)10-12-21-23-14-16(24-21)13-15-5-1-2-6-15/h3-4,7-9,11,14-15H,1-2,5-6,10,12-13H2,(H,23,24)(H,25,26). The Morgan fingerprint density at radius 2 is 1.96 bits per heavy atom. The third kappa shape index (κ3) is 4.30. The molecule has 0 aliphatic heterocycles. The number of aromatic amines is 1. The first-order valence-electron chi connectivity index (χ1n) is 9.63. The fourth-order valence-corrected chi connectivity index (χ4v) is 4.99. The Bertz CT molecular complexity index is 922. The van der Waals surface area contributed by atoms with Gasteiger partial charge in [-0.05, 0) is 37.0 Å². The number of nitrogens with one attached hydrogen (secondary N) is 1. The van der Waals surface area contributed by atoms with Gasteiger partial charge >= 0.3 is 5.97 Å². The highest BCUT2D eigenvalue weighted by Gasteiger charge is 2.17. The minimum absolute atomic E-state index is 0.355. The van der Waals surface area contributed by atoms with Crippen LogP contribution in [0.4, 0.5) is 0 Å². The fourth-order valence-electron chi connectivity index (χ4n) is 3.95. The van der Waals surface area contributed by atoms with E-state index in [1.807, 2.05) is 24.4 Å². The van der Waals surface area contributed by atoms with Crippen molar-refractivity contribution < 1.29 is 9.90 Å². The highest BCUT2D eigenvalue weighted by atomic mass is 32.1. The molecule has 0 atom stereocenters. The molecule has 0 amide bonds. The number of carboxylic acid groups (broad SMARTS) is 1. The van der Waals surface area contributed by atoms with E-state index >= 15 is 0 Å². The predicted molar refractivity (Wildman–Crippen MR) is 108 cm³/mol. The van der Waals surface area contributed by atoms with Crippen LogP contribution in [0.3, 0.4) is 0 Å². The summed E-state index contributed by atoms with van der Waals surface area (Å²) >= 11 is 1.66. The van der Waals surface area contributed by atoms with Crippen molar-refractivity contribution in [3.63, 3.8) is 0 Å². The Morgan fingerprint density at radius 3 is 2.78 bits per heavy atom. The molecular formula is C22H24N2O2S. The van der Waals surface area contributed by atoms with E-state index in [0.717, 1.165) is 41.4 Å². The Kier molecular flexibility index (Phi) is 5.39. The third-order valence-electron chi connectivity index (χ3n) is 5.36. The van der Waals surface area contributed by atoms with Crippen LogP contribution in [-0.2, 0) is 19.3 Å². The summed E-state index contributed by atoms with van der Waals surface area (Å²) in [6.45, 7) is 0. The third-order valence-corrected chi connectivity index (χ3v) is 6.54. The Labute approximate surface area is 163 Å². The molecule has 140 valence electrons. The lowest BCUT2D eigenvalue weighted by Crippen LogP contribution is -1.99. The number of nitrogens with zero attached hydrogens (tertiary/aromatic N) is 1. The lowest BCUT2D eigenvalue weighted by molar-refractivity contribution is 0.0698. The largest absolute Gasteiger partial charge is 0.478 e. The molecule has 2 aromatic heterocycles. The van der Waals surface area contributed by atoms with Crippen molar-refractivity contribution in [2.45, 2.75) is 44.9 Å². The van der Waals surface area contributed by atoms with Gasteiger partial charge in [-0.25, -0.2) is 9.78 Å². The van der Waals surface area contributed by atoms with E-state index in [9.17, 15) is 9.90 Å². The van der Waals surface area contributed by atoms with Crippen LogP contribution in [0.5, 0.6) is 0 Å². The van der Waals surface area contributed by atoms with Crippen LogP contribution in [0.15, 0.2) is 42.6 Å². The Hall–Kier alpha value is -2.40. The number of thiophene rings is 1. The van der Waals surface area contributed by atoms with Gasteiger partial charge in [-0.3, -0.25) is 0 Å². The first-order chi connectivity index (χ1) is 13.2. The molecule has 27 heavy (non-hydrogen) atoms. The summed E-state index contributed by atoms with van der Waals surface area (Å²) in [6, 6.07) is 11.3. The average molecular weight is 381 g/mol. The van der Waals surface area contributed by atoms with E-state index in [1.54, 1.807) is 23.5 Å². The van der Waals surface area contributed by atoms with Gasteiger partial charge in [0.2, 0.25) is 0 Å². The van der Waals surface area contributed by atoms with E-state index in [1.165, 1.54) is 36.3 Å². The smallest absolute Gasteiger partial charge is 0.336 e. The quantitative estimate of drug-likeness (QED) is 0.580. The number of H-pyrrole nitrogens is 1. The van der Waals surface area contributed by atoms with Gasteiger partial charge in [-0.1, -0.05) is 43.9 Å². The van der Waals surface area contributed by atoms with Gasteiger partial charge in [-0.2, -0.15) is 0 Å². The first-order valence-corrected chi connectivity index (χ1v) is 10.4. The van der Waals surface area contributed by atoms with Gasteiger partial charge in [0.25, 0.3) is 0 Å². The summed E-state index contributed by atoms with van der Waals surface area (Å²) in [7, 11) is 0. The number of rotatable bonds is 7. The normalized spacial score (nSPS) is 14.7. The first kappa shape index (κ1) is 18.0. The van der Waals surface area contributed by atoms with Crippen molar-refractivity contribution in [2.24, 2.45) is 5.92 Å². The minimum Gasteiger partial charge on any atom is -0.478 e. The van der Waals surface area contributed by atoms with Crippen molar-refractivity contribution in [1.29, 1.82) is 0 Å². The lowest BCUT2D eigenvalue weighted by atomic mass is 10.0. The zero-order chi connectivity index (χ0) is 18.6. The summed E-state index contributed by atoms with van der Waals surface area (Å²) < 4.78 is 0. The molecule has 5 heteroatoms. The van der Waals surface area contributed by atoms with Crippen LogP contribution in [0, 0.1) is 5.92 Å². The molecule has 1 aromatic carbocycles. The number of imidazole rings is 1. The van der Waals surface area contributed by atoms with Crippen LogP contribution in [0.25, 0.3) is 10.4 Å². The molecule has 0 saturated heterocycles. The van der Waals surface area contributed by atoms with Gasteiger partial charge in [0, 0.05) is 33.6 Å². The second-order valence-electron chi connectivity index (χ2n) is 7.33. The topological polar surface area (TPSA) is 66.0 Å². The van der Waals surface area contributed by atoms with Crippen molar-refractivity contribution in [3.8, 4) is 10.4 Å². The number of benzene rings is 1. The summed E-state index contributed by atoms with van der Waals surface area (Å²) in [5.41, 5.74) is 2.41. The van der Waals surface area contributed by atoms with Crippen LogP contribution in [0.1, 0.15) is 52.4 Å². The van der Waals surface area contributed by atoms with Gasteiger partial charge < -0.3 is 10.1 Å². The molecule has 0 unspecified atom stereocenters. The fraction of sp³-hybridized carbons (Fsp3) is 0.364. The van der Waals surface area contributed by atoms with Gasteiger partial charge in [0.15, 0.2) is 0 Å². The molecule has 3 aromatic rings. The summed E-state index contributed by atoms with van der Waals surface area (Å²) in [5, 5.41) is 9.38. The molecule has 0 spiro atoms. The van der Waals surface area contributed by atoms with Gasteiger partial charge in [0.1, 0.15) is 5.82 Å². The lowest BCUT2D eigenvalue weighted by Gasteiger charge is -2.05. The van der Waals surface area contributed by atoms with Crippen LogP contribution < -0.4 is 0 Å². The van der Waals surface area contributed by atoms with Crippen LogP contribution in [0.2, 0.25) is 0 Å². The number of carbonyl (C=O) groups is 1. The maximum Gasteiger partial charge on any atom is 0.336 e. The predicted octanol–water partition coefficient (Wildman–Crippen LogP) is 5.35. The van der Waals surface area contributed by atoms with Crippen molar-refractivity contribution in [2.75, 3.05) is 0 Å². The molecule has 4 rings (SSSR count). The summed E-state index contributed by atoms with van der Waals surface area (Å²) in [5.74, 6) is 0.988. The molecular weight excluding hydrogens is 356 g/mol. The molecule has 1 aliphatic carbocycles. The zero-order valence-electron chi connectivity index (χ0n) is 15.3. The van der Waals surface area contributed by atoms with E-state index in [2.05, 4.69) is 16.0 Å².